The summed E-state index contributed by atoms with van der Waals surface area (Å²) in [5, 5.41) is 10.00. The normalized spacial score (nSPS) is 10.5. The number of carbonyl (C=O) groups is 2. The Kier molecular flexibility index (Phi) is 3.32. The summed E-state index contributed by atoms with van der Waals surface area (Å²) in [6, 6.07) is 8.96. The molecule has 0 fully saturated rings. The van der Waals surface area contributed by atoms with E-state index in [9.17, 15) is 9.59 Å². The van der Waals surface area contributed by atoms with Crippen molar-refractivity contribution in [2.75, 3.05) is 7.11 Å². The fourth-order valence-corrected chi connectivity index (χ4v) is 1.93. The molecule has 0 aliphatic rings. The van der Waals surface area contributed by atoms with Crippen molar-refractivity contribution in [1.29, 1.82) is 0 Å². The molecule has 0 aliphatic carbocycles. The molecule has 2 aromatic rings. The Bertz CT molecular complexity index is 600. The third-order valence-corrected chi connectivity index (χ3v) is 2.80. The first kappa shape index (κ1) is 12.2. The van der Waals surface area contributed by atoms with Crippen LogP contribution in [0.3, 0.4) is 0 Å². The van der Waals surface area contributed by atoms with Crippen LogP contribution in [0, 0.1) is 0 Å². The first-order valence-corrected chi connectivity index (χ1v) is 5.52. The number of methoxy groups -OCH3 is 1. The van der Waals surface area contributed by atoms with Crippen LogP contribution in [-0.4, -0.2) is 28.7 Å². The van der Waals surface area contributed by atoms with E-state index >= 15 is 0 Å². The Balaban J connectivity index is 2.42. The lowest BCUT2D eigenvalue weighted by Crippen LogP contribution is -2.12. The molecule has 0 atom stereocenters. The molecule has 1 N–H and O–H groups in total. The van der Waals surface area contributed by atoms with Gasteiger partial charge in [0.05, 0.1) is 13.5 Å². The van der Waals surface area contributed by atoms with Crippen molar-refractivity contribution in [3.63, 3.8) is 0 Å². The molecule has 0 bridgehead atoms. The number of benzene rings is 1. The number of para-hydroxylation sites is 1. The number of hydrogen-bond donors (Lipinski definition) is 1. The average molecular weight is 247 g/mol. The second-order valence-electron chi connectivity index (χ2n) is 3.87. The van der Waals surface area contributed by atoms with Gasteiger partial charge in [0.2, 0.25) is 0 Å². The maximum absolute atomic E-state index is 11.2. The van der Waals surface area contributed by atoms with Gasteiger partial charge in [-0.1, -0.05) is 18.2 Å². The van der Waals surface area contributed by atoms with Crippen molar-refractivity contribution in [3.8, 4) is 0 Å². The molecule has 2 rings (SSSR count). The quantitative estimate of drug-likeness (QED) is 0.838. The summed E-state index contributed by atoms with van der Waals surface area (Å²) in [5.74, 6) is -1.36. The highest BCUT2D eigenvalue weighted by molar-refractivity contribution is 5.94. The number of aromatic nitrogens is 1. The van der Waals surface area contributed by atoms with Gasteiger partial charge in [0, 0.05) is 17.4 Å². The van der Waals surface area contributed by atoms with Crippen LogP contribution in [0.5, 0.6) is 0 Å². The Morgan fingerprint density at radius 1 is 1.33 bits per heavy atom. The molecule has 0 unspecified atom stereocenters. The third-order valence-electron chi connectivity index (χ3n) is 2.80. The van der Waals surface area contributed by atoms with E-state index in [4.69, 9.17) is 5.11 Å². The molecule has 5 nitrogen and oxygen atoms in total. The summed E-state index contributed by atoms with van der Waals surface area (Å²) < 4.78 is 6.18. The number of fused-ring (bicyclic) bond motifs is 1. The van der Waals surface area contributed by atoms with Crippen molar-refractivity contribution < 1.29 is 19.4 Å². The molecule has 18 heavy (non-hydrogen) atoms. The minimum Gasteiger partial charge on any atom is -0.477 e. The van der Waals surface area contributed by atoms with Crippen LogP contribution in [0.1, 0.15) is 16.9 Å². The molecule has 0 radical (unpaired) electrons. The monoisotopic (exact) mass is 247 g/mol. The second-order valence-corrected chi connectivity index (χ2v) is 3.87. The van der Waals surface area contributed by atoms with Crippen LogP contribution in [0.15, 0.2) is 30.3 Å². The van der Waals surface area contributed by atoms with Gasteiger partial charge in [0.15, 0.2) is 0 Å². The third kappa shape index (κ3) is 2.20. The Morgan fingerprint density at radius 3 is 2.72 bits per heavy atom. The lowest BCUT2D eigenvalue weighted by atomic mass is 10.2. The number of aromatic carboxylic acids is 1. The van der Waals surface area contributed by atoms with Gasteiger partial charge >= 0.3 is 11.9 Å². The van der Waals surface area contributed by atoms with Crippen LogP contribution < -0.4 is 0 Å². The highest BCUT2D eigenvalue weighted by Crippen LogP contribution is 2.20. The highest BCUT2D eigenvalue weighted by Gasteiger charge is 2.15. The van der Waals surface area contributed by atoms with E-state index in [-0.39, 0.29) is 18.1 Å². The zero-order valence-corrected chi connectivity index (χ0v) is 9.92. The average Bonchev–Trinajstić information content (AvgIpc) is 2.75. The second kappa shape index (κ2) is 4.91. The standard InChI is InChI=1S/C13H13NO4/c1-18-12(15)6-7-14-10-5-3-2-4-9(10)8-11(14)13(16)17/h2-5,8H,6-7H2,1H3,(H,16,17). The summed E-state index contributed by atoms with van der Waals surface area (Å²) in [6.45, 7) is 0.293. The van der Waals surface area contributed by atoms with Crippen molar-refractivity contribution in [3.05, 3.63) is 36.0 Å². The van der Waals surface area contributed by atoms with Crippen LogP contribution in [0.4, 0.5) is 0 Å². The van der Waals surface area contributed by atoms with Gasteiger partial charge in [-0.05, 0) is 12.1 Å². The first-order valence-electron chi connectivity index (χ1n) is 5.52. The number of aryl methyl sites for hydroxylation is 1. The number of carboxylic acids is 1. The minimum absolute atomic E-state index is 0.148. The predicted octanol–water partition coefficient (Wildman–Crippen LogP) is 1.90. The van der Waals surface area contributed by atoms with E-state index in [2.05, 4.69) is 4.74 Å². The molecule has 0 aliphatic heterocycles. The number of carboxylic acid groups (broad SMARTS) is 1. The van der Waals surface area contributed by atoms with E-state index in [1.54, 1.807) is 10.6 Å². The zero-order valence-electron chi connectivity index (χ0n) is 9.92. The lowest BCUT2D eigenvalue weighted by Gasteiger charge is -2.07. The van der Waals surface area contributed by atoms with E-state index in [1.807, 2.05) is 24.3 Å². The number of ether oxygens (including phenoxy) is 1. The Labute approximate surface area is 104 Å². The van der Waals surface area contributed by atoms with Crippen LogP contribution in [-0.2, 0) is 16.1 Å². The van der Waals surface area contributed by atoms with Crippen LogP contribution in [0.2, 0.25) is 0 Å². The minimum atomic E-state index is -1.00. The number of carbonyl (C=O) groups excluding carboxylic acids is 1. The van der Waals surface area contributed by atoms with Crippen LogP contribution in [0.25, 0.3) is 10.9 Å². The molecule has 5 heteroatoms. The van der Waals surface area contributed by atoms with Gasteiger partial charge in [0.25, 0.3) is 0 Å². The largest absolute Gasteiger partial charge is 0.477 e. The molecule has 1 aromatic carbocycles. The maximum atomic E-state index is 11.2. The number of nitrogens with zero attached hydrogens (tertiary/aromatic N) is 1. The summed E-state index contributed by atoms with van der Waals surface area (Å²) in [7, 11) is 1.31. The molecular weight excluding hydrogens is 234 g/mol. The predicted molar refractivity (Wildman–Crippen MR) is 65.5 cm³/mol. The summed E-state index contributed by atoms with van der Waals surface area (Å²) in [5.41, 5.74) is 0.985. The number of hydrogen-bond acceptors (Lipinski definition) is 3. The SMILES string of the molecule is COC(=O)CCn1c(C(=O)O)cc2ccccc21. The molecule has 0 spiro atoms. The number of esters is 1. The topological polar surface area (TPSA) is 68.5 Å². The highest BCUT2D eigenvalue weighted by atomic mass is 16.5. The van der Waals surface area contributed by atoms with Crippen molar-refractivity contribution in [2.24, 2.45) is 0 Å². The Hall–Kier alpha value is -2.30. The summed E-state index contributed by atoms with van der Waals surface area (Å²) in [4.78, 5) is 22.3. The van der Waals surface area contributed by atoms with Crippen molar-refractivity contribution in [2.45, 2.75) is 13.0 Å². The van der Waals surface area contributed by atoms with E-state index in [0.29, 0.717) is 6.54 Å². The smallest absolute Gasteiger partial charge is 0.352 e. The van der Waals surface area contributed by atoms with Gasteiger partial charge in [-0.3, -0.25) is 4.79 Å². The van der Waals surface area contributed by atoms with E-state index < -0.39 is 5.97 Å². The van der Waals surface area contributed by atoms with Gasteiger partial charge in [-0.15, -0.1) is 0 Å². The first-order chi connectivity index (χ1) is 8.63. The van der Waals surface area contributed by atoms with Gasteiger partial charge in [0.1, 0.15) is 5.69 Å². The van der Waals surface area contributed by atoms with Gasteiger partial charge in [-0.2, -0.15) is 0 Å². The molecule has 94 valence electrons. The summed E-state index contributed by atoms with van der Waals surface area (Å²) in [6.07, 6.45) is 0.148. The fraction of sp³-hybridized carbons (Fsp3) is 0.231. The van der Waals surface area contributed by atoms with Crippen molar-refractivity contribution in [1.82, 2.24) is 4.57 Å². The molecule has 0 saturated carbocycles. The molecule has 0 amide bonds. The van der Waals surface area contributed by atoms with Gasteiger partial charge in [-0.25, -0.2) is 4.79 Å². The molecule has 1 heterocycles. The zero-order chi connectivity index (χ0) is 13.1. The van der Waals surface area contributed by atoms with Crippen molar-refractivity contribution >= 4 is 22.8 Å². The van der Waals surface area contributed by atoms with Crippen LogP contribution >= 0.6 is 0 Å². The molecule has 1 aromatic heterocycles. The van der Waals surface area contributed by atoms with E-state index in [1.165, 1.54) is 7.11 Å². The molecular formula is C13H13NO4. The molecule has 0 saturated heterocycles. The Morgan fingerprint density at radius 2 is 2.06 bits per heavy atom. The van der Waals surface area contributed by atoms with Gasteiger partial charge < -0.3 is 14.4 Å². The van der Waals surface area contributed by atoms with E-state index in [0.717, 1.165) is 10.9 Å². The summed E-state index contributed by atoms with van der Waals surface area (Å²) >= 11 is 0. The maximum Gasteiger partial charge on any atom is 0.352 e. The fourth-order valence-electron chi connectivity index (χ4n) is 1.93. The number of rotatable bonds is 4. The lowest BCUT2D eigenvalue weighted by molar-refractivity contribution is -0.140.